The second-order valence-electron chi connectivity index (χ2n) is 4.49. The van der Waals surface area contributed by atoms with Crippen LogP contribution in [0.25, 0.3) is 10.9 Å². The standard InChI is InChI=1S/C13H13F4N3O/c1-2-8(6-21)18-11-9-5-7(14)3-4-10(9)19-12(20-11)13(15,16)17/h3-5,8,21H,2,6H2,1H3,(H,18,19,20). The molecule has 2 rings (SSSR count). The third kappa shape index (κ3) is 3.38. The number of aromatic nitrogens is 2. The highest BCUT2D eigenvalue weighted by atomic mass is 19.4. The van der Waals surface area contributed by atoms with E-state index < -0.39 is 23.9 Å². The van der Waals surface area contributed by atoms with E-state index in [-0.39, 0.29) is 23.3 Å². The molecule has 0 aliphatic heterocycles. The van der Waals surface area contributed by atoms with Gasteiger partial charge in [-0.05, 0) is 24.6 Å². The van der Waals surface area contributed by atoms with E-state index in [4.69, 9.17) is 5.11 Å². The van der Waals surface area contributed by atoms with Crippen molar-refractivity contribution >= 4 is 16.7 Å². The van der Waals surface area contributed by atoms with E-state index in [0.717, 1.165) is 18.2 Å². The van der Waals surface area contributed by atoms with Crippen molar-refractivity contribution in [3.05, 3.63) is 29.8 Å². The molecule has 2 N–H and O–H groups in total. The maximum atomic E-state index is 13.3. The first kappa shape index (κ1) is 15.4. The van der Waals surface area contributed by atoms with E-state index in [1.54, 1.807) is 6.92 Å². The molecule has 0 spiro atoms. The van der Waals surface area contributed by atoms with Crippen LogP contribution in [0.2, 0.25) is 0 Å². The van der Waals surface area contributed by atoms with Gasteiger partial charge in [0.15, 0.2) is 0 Å². The summed E-state index contributed by atoms with van der Waals surface area (Å²) in [6.07, 6.45) is -4.24. The zero-order chi connectivity index (χ0) is 15.6. The van der Waals surface area contributed by atoms with Crippen molar-refractivity contribution in [2.45, 2.75) is 25.6 Å². The van der Waals surface area contributed by atoms with Gasteiger partial charge in [0.1, 0.15) is 11.6 Å². The van der Waals surface area contributed by atoms with Gasteiger partial charge in [0.25, 0.3) is 0 Å². The molecule has 0 aliphatic carbocycles. The molecule has 1 aromatic heterocycles. The SMILES string of the molecule is CCC(CO)Nc1nc(C(F)(F)F)nc2ccc(F)cc12. The Morgan fingerprint density at radius 1 is 1.29 bits per heavy atom. The van der Waals surface area contributed by atoms with Crippen molar-refractivity contribution in [3.63, 3.8) is 0 Å². The Morgan fingerprint density at radius 3 is 2.57 bits per heavy atom. The minimum Gasteiger partial charge on any atom is -0.394 e. The van der Waals surface area contributed by atoms with Crippen LogP contribution in [-0.2, 0) is 6.18 Å². The van der Waals surface area contributed by atoms with Gasteiger partial charge >= 0.3 is 6.18 Å². The number of aliphatic hydroxyl groups is 1. The fourth-order valence-corrected chi connectivity index (χ4v) is 1.81. The van der Waals surface area contributed by atoms with Crippen LogP contribution in [0, 0.1) is 5.82 Å². The third-order valence-corrected chi connectivity index (χ3v) is 2.97. The lowest BCUT2D eigenvalue weighted by molar-refractivity contribution is -0.144. The quantitative estimate of drug-likeness (QED) is 0.853. The Kier molecular flexibility index (Phi) is 4.26. The van der Waals surface area contributed by atoms with Crippen molar-refractivity contribution < 1.29 is 22.7 Å². The summed E-state index contributed by atoms with van der Waals surface area (Å²) in [5, 5.41) is 12.0. The van der Waals surface area contributed by atoms with Crippen molar-refractivity contribution in [1.82, 2.24) is 9.97 Å². The Hall–Kier alpha value is -1.96. The van der Waals surface area contributed by atoms with Crippen molar-refractivity contribution in [2.24, 2.45) is 0 Å². The van der Waals surface area contributed by atoms with Gasteiger partial charge in [-0.25, -0.2) is 14.4 Å². The molecule has 0 fully saturated rings. The molecule has 0 radical (unpaired) electrons. The molecular weight excluding hydrogens is 290 g/mol. The number of nitrogens with zero attached hydrogens (tertiary/aromatic N) is 2. The molecule has 2 aromatic rings. The summed E-state index contributed by atoms with van der Waals surface area (Å²) in [5.74, 6) is -2.06. The predicted octanol–water partition coefficient (Wildman–Crippen LogP) is 2.97. The summed E-state index contributed by atoms with van der Waals surface area (Å²) in [6, 6.07) is 2.77. The highest BCUT2D eigenvalue weighted by Gasteiger charge is 2.35. The van der Waals surface area contributed by atoms with Crippen LogP contribution in [0.4, 0.5) is 23.4 Å². The number of hydrogen-bond acceptors (Lipinski definition) is 4. The lowest BCUT2D eigenvalue weighted by atomic mass is 10.2. The van der Waals surface area contributed by atoms with Gasteiger partial charge in [-0.2, -0.15) is 13.2 Å². The normalized spacial score (nSPS) is 13.4. The molecule has 1 heterocycles. The van der Waals surface area contributed by atoms with Crippen LogP contribution in [0.15, 0.2) is 18.2 Å². The molecule has 0 bridgehead atoms. The van der Waals surface area contributed by atoms with Gasteiger partial charge in [0.2, 0.25) is 5.82 Å². The van der Waals surface area contributed by atoms with Gasteiger partial charge in [-0.1, -0.05) is 6.92 Å². The number of aliphatic hydroxyl groups excluding tert-OH is 1. The fraction of sp³-hybridized carbons (Fsp3) is 0.385. The van der Waals surface area contributed by atoms with E-state index in [1.807, 2.05) is 0 Å². The summed E-state index contributed by atoms with van der Waals surface area (Å²) in [4.78, 5) is 6.83. The molecule has 1 atom stereocenters. The van der Waals surface area contributed by atoms with Crippen LogP contribution in [0.1, 0.15) is 19.2 Å². The molecule has 1 unspecified atom stereocenters. The molecule has 4 nitrogen and oxygen atoms in total. The fourth-order valence-electron chi connectivity index (χ4n) is 1.81. The average molecular weight is 303 g/mol. The van der Waals surface area contributed by atoms with Gasteiger partial charge in [-0.3, -0.25) is 0 Å². The third-order valence-electron chi connectivity index (χ3n) is 2.97. The zero-order valence-electron chi connectivity index (χ0n) is 11.1. The molecule has 0 amide bonds. The second-order valence-corrected chi connectivity index (χ2v) is 4.49. The Balaban J connectivity index is 2.60. The second kappa shape index (κ2) is 5.80. The number of alkyl halides is 3. The molecule has 114 valence electrons. The highest BCUT2D eigenvalue weighted by Crippen LogP contribution is 2.30. The largest absolute Gasteiger partial charge is 0.451 e. The van der Waals surface area contributed by atoms with E-state index >= 15 is 0 Å². The van der Waals surface area contributed by atoms with E-state index in [9.17, 15) is 17.6 Å². The minimum absolute atomic E-state index is 0.0194. The highest BCUT2D eigenvalue weighted by molar-refractivity contribution is 5.89. The smallest absolute Gasteiger partial charge is 0.394 e. The summed E-state index contributed by atoms with van der Waals surface area (Å²) >= 11 is 0. The lowest BCUT2D eigenvalue weighted by Gasteiger charge is -2.17. The van der Waals surface area contributed by atoms with Crippen molar-refractivity contribution in [1.29, 1.82) is 0 Å². The maximum absolute atomic E-state index is 13.3. The first-order valence-corrected chi connectivity index (χ1v) is 6.27. The van der Waals surface area contributed by atoms with Gasteiger partial charge < -0.3 is 10.4 Å². The average Bonchev–Trinajstić information content (AvgIpc) is 2.43. The topological polar surface area (TPSA) is 58.0 Å². The van der Waals surface area contributed by atoms with Crippen molar-refractivity contribution in [3.8, 4) is 0 Å². The summed E-state index contributed by atoms with van der Waals surface area (Å²) in [6.45, 7) is 1.47. The van der Waals surface area contributed by atoms with Crippen LogP contribution in [-0.4, -0.2) is 27.7 Å². The Bertz CT molecular complexity index is 641. The van der Waals surface area contributed by atoms with Crippen LogP contribution in [0.5, 0.6) is 0 Å². The summed E-state index contributed by atoms with van der Waals surface area (Å²) < 4.78 is 51.7. The molecule has 0 saturated carbocycles. The van der Waals surface area contributed by atoms with E-state index in [1.165, 1.54) is 0 Å². The van der Waals surface area contributed by atoms with E-state index in [0.29, 0.717) is 6.42 Å². The number of nitrogens with one attached hydrogen (secondary N) is 1. The lowest BCUT2D eigenvalue weighted by Crippen LogP contribution is -2.24. The van der Waals surface area contributed by atoms with Gasteiger partial charge in [0, 0.05) is 5.39 Å². The van der Waals surface area contributed by atoms with Crippen molar-refractivity contribution in [2.75, 3.05) is 11.9 Å². The number of fused-ring (bicyclic) bond motifs is 1. The zero-order valence-corrected chi connectivity index (χ0v) is 11.1. The summed E-state index contributed by atoms with van der Waals surface area (Å²) in [7, 11) is 0. The number of rotatable bonds is 4. The number of halogens is 4. The van der Waals surface area contributed by atoms with Gasteiger partial charge in [-0.15, -0.1) is 0 Å². The Morgan fingerprint density at radius 2 is 2.00 bits per heavy atom. The molecule has 0 aliphatic rings. The molecule has 21 heavy (non-hydrogen) atoms. The predicted molar refractivity (Wildman–Crippen MR) is 69.3 cm³/mol. The first-order chi connectivity index (χ1) is 9.85. The minimum atomic E-state index is -4.71. The van der Waals surface area contributed by atoms with E-state index in [2.05, 4.69) is 15.3 Å². The molecular formula is C13H13F4N3O. The first-order valence-electron chi connectivity index (χ1n) is 6.27. The number of anilines is 1. The van der Waals surface area contributed by atoms with Gasteiger partial charge in [0.05, 0.1) is 18.2 Å². The Labute approximate surface area is 117 Å². The van der Waals surface area contributed by atoms with Crippen LogP contribution >= 0.6 is 0 Å². The van der Waals surface area contributed by atoms with Crippen LogP contribution in [0.3, 0.4) is 0 Å². The maximum Gasteiger partial charge on any atom is 0.451 e. The van der Waals surface area contributed by atoms with Crippen LogP contribution < -0.4 is 5.32 Å². The molecule has 1 aromatic carbocycles. The monoisotopic (exact) mass is 303 g/mol. The molecule has 0 saturated heterocycles. The number of hydrogen-bond donors (Lipinski definition) is 2. The number of benzene rings is 1. The molecule has 8 heteroatoms. The summed E-state index contributed by atoms with van der Waals surface area (Å²) in [5.41, 5.74) is -0.0194.